The smallest absolute Gasteiger partial charge is 0.251 e. The molecule has 11 heteroatoms. The van der Waals surface area contributed by atoms with E-state index in [2.05, 4.69) is 36.5 Å². The molecule has 1 aromatic heterocycles. The quantitative estimate of drug-likeness (QED) is 0.372. The highest BCUT2D eigenvalue weighted by Gasteiger charge is 2.27. The number of carbonyl (C=O) groups is 1. The maximum atomic E-state index is 14.7. The topological polar surface area (TPSA) is 101 Å². The van der Waals surface area contributed by atoms with Crippen LogP contribution < -0.4 is 29.7 Å². The van der Waals surface area contributed by atoms with E-state index >= 15 is 0 Å². The first-order valence-corrected chi connectivity index (χ1v) is 14.0. The number of carbonyl (C=O) groups excluding carboxylic acids is 1. The Labute approximate surface area is 239 Å². The van der Waals surface area contributed by atoms with Gasteiger partial charge in [0, 0.05) is 62.1 Å². The highest BCUT2D eigenvalue weighted by Crippen LogP contribution is 2.34. The number of aromatic nitrogens is 2. The summed E-state index contributed by atoms with van der Waals surface area (Å²) < 4.78 is 31.2. The third-order valence-corrected chi connectivity index (χ3v) is 7.78. The van der Waals surface area contributed by atoms with Crippen molar-refractivity contribution in [1.29, 1.82) is 0 Å². The van der Waals surface area contributed by atoms with Gasteiger partial charge in [-0.05, 0) is 37.1 Å². The minimum atomic E-state index is -0.590. The van der Waals surface area contributed by atoms with Crippen LogP contribution in [0, 0.1) is 5.82 Å². The summed E-state index contributed by atoms with van der Waals surface area (Å²) in [5.74, 6) is 0.548. The van der Waals surface area contributed by atoms with Crippen molar-refractivity contribution in [3.8, 4) is 17.2 Å². The molecule has 0 unspecified atom stereocenters. The number of nitrogens with one attached hydrogen (secondary N) is 2. The lowest BCUT2D eigenvalue weighted by molar-refractivity contribution is 0.0962. The highest BCUT2D eigenvalue weighted by molar-refractivity contribution is 5.94. The van der Waals surface area contributed by atoms with E-state index < -0.39 is 5.82 Å². The van der Waals surface area contributed by atoms with Gasteiger partial charge in [-0.25, -0.2) is 14.4 Å². The van der Waals surface area contributed by atoms with E-state index in [-0.39, 0.29) is 29.4 Å². The molecule has 2 aromatic carbocycles. The fourth-order valence-corrected chi connectivity index (χ4v) is 5.54. The van der Waals surface area contributed by atoms with Crippen LogP contribution in [0.3, 0.4) is 0 Å². The molecule has 2 heterocycles. The number of hydrogen-bond donors (Lipinski definition) is 2. The molecule has 2 fully saturated rings. The van der Waals surface area contributed by atoms with Crippen LogP contribution in [0.5, 0.6) is 17.2 Å². The number of nitrogens with zero attached hydrogens (tertiary/aromatic N) is 4. The number of ether oxygens (including phenoxy) is 3. The molecular weight excluding hydrogens is 527 g/mol. The fraction of sp³-hybridized carbons (Fsp3) is 0.433. The number of methoxy groups -OCH3 is 2. The summed E-state index contributed by atoms with van der Waals surface area (Å²) in [4.78, 5) is 25.7. The average molecular weight is 565 g/mol. The van der Waals surface area contributed by atoms with E-state index in [0.717, 1.165) is 49.3 Å². The van der Waals surface area contributed by atoms with E-state index in [1.165, 1.54) is 64.4 Å². The molecule has 3 aromatic rings. The molecule has 1 aliphatic heterocycles. The zero-order valence-corrected chi connectivity index (χ0v) is 23.8. The number of piperazine rings is 1. The predicted octanol–water partition coefficient (Wildman–Crippen LogP) is 4.38. The molecule has 2 N–H and O–H groups in total. The van der Waals surface area contributed by atoms with E-state index in [1.807, 2.05) is 12.1 Å². The van der Waals surface area contributed by atoms with Crippen LogP contribution in [-0.2, 0) is 6.61 Å². The number of rotatable bonds is 10. The van der Waals surface area contributed by atoms with Crippen LogP contribution in [-0.4, -0.2) is 74.3 Å². The van der Waals surface area contributed by atoms with Crippen LogP contribution in [0.1, 0.15) is 41.6 Å². The summed E-state index contributed by atoms with van der Waals surface area (Å²) in [6.45, 7) is 4.00. The second-order valence-corrected chi connectivity index (χ2v) is 10.2. The lowest BCUT2D eigenvalue weighted by atomic mass is 10.1. The number of halogens is 1. The van der Waals surface area contributed by atoms with Crippen molar-refractivity contribution in [2.24, 2.45) is 0 Å². The molecule has 1 saturated carbocycles. The van der Waals surface area contributed by atoms with E-state index in [4.69, 9.17) is 14.2 Å². The average Bonchev–Trinajstić information content (AvgIpc) is 3.56. The van der Waals surface area contributed by atoms with Gasteiger partial charge in [0.1, 0.15) is 12.4 Å². The highest BCUT2D eigenvalue weighted by atomic mass is 19.1. The number of anilines is 3. The lowest BCUT2D eigenvalue weighted by Crippen LogP contribution is -2.49. The standard InChI is InChI=1S/C30H37FN6O4/c1-32-29(38)20-14-21(28(31)27(15-20)40-3)19-41-24-17-33-30(34-18-24)35-22-8-9-25(26(16-22)39-2)37-12-10-36(11-13-37)23-6-4-5-7-23/h8-9,14-18,23H,4-7,10-13,19H2,1-3H3,(H,32,38)(H,33,34,35). The maximum absolute atomic E-state index is 14.7. The van der Waals surface area contributed by atoms with Crippen LogP contribution in [0.4, 0.5) is 21.7 Å². The zero-order valence-electron chi connectivity index (χ0n) is 23.8. The SMILES string of the molecule is CNC(=O)c1cc(COc2cnc(Nc3ccc(N4CCN(C5CCCC5)CC4)c(OC)c3)nc2)c(F)c(OC)c1. The van der Waals surface area contributed by atoms with Crippen molar-refractivity contribution >= 4 is 23.2 Å². The van der Waals surface area contributed by atoms with Gasteiger partial charge in [-0.1, -0.05) is 12.8 Å². The Kier molecular flexibility index (Phi) is 9.03. The lowest BCUT2D eigenvalue weighted by Gasteiger charge is -2.39. The molecule has 41 heavy (non-hydrogen) atoms. The van der Waals surface area contributed by atoms with Gasteiger partial charge in [-0.2, -0.15) is 0 Å². The molecular formula is C30H37FN6O4. The summed E-state index contributed by atoms with van der Waals surface area (Å²) in [6, 6.07) is 9.54. The molecule has 218 valence electrons. The summed E-state index contributed by atoms with van der Waals surface area (Å²) in [5.41, 5.74) is 2.33. The van der Waals surface area contributed by atoms with Gasteiger partial charge in [-0.3, -0.25) is 9.69 Å². The number of hydrogen-bond acceptors (Lipinski definition) is 9. The maximum Gasteiger partial charge on any atom is 0.251 e. The van der Waals surface area contributed by atoms with Crippen molar-refractivity contribution in [1.82, 2.24) is 20.2 Å². The Balaban J connectivity index is 1.19. The Morgan fingerprint density at radius 2 is 1.71 bits per heavy atom. The van der Waals surface area contributed by atoms with Crippen molar-refractivity contribution in [2.75, 3.05) is 57.7 Å². The van der Waals surface area contributed by atoms with Crippen LogP contribution in [0.25, 0.3) is 0 Å². The second kappa shape index (κ2) is 13.0. The zero-order chi connectivity index (χ0) is 28.8. The van der Waals surface area contributed by atoms with E-state index in [1.54, 1.807) is 7.11 Å². The van der Waals surface area contributed by atoms with Gasteiger partial charge in [0.25, 0.3) is 5.91 Å². The largest absolute Gasteiger partial charge is 0.495 e. The third kappa shape index (κ3) is 6.62. The van der Waals surface area contributed by atoms with E-state index in [0.29, 0.717) is 11.7 Å². The molecule has 0 atom stereocenters. The number of amides is 1. The Morgan fingerprint density at radius 3 is 2.37 bits per heavy atom. The molecule has 0 spiro atoms. The Bertz CT molecular complexity index is 1340. The molecule has 0 radical (unpaired) electrons. The molecule has 2 aliphatic rings. The molecule has 10 nitrogen and oxygen atoms in total. The molecule has 0 bridgehead atoms. The Morgan fingerprint density at radius 1 is 1.00 bits per heavy atom. The summed E-state index contributed by atoms with van der Waals surface area (Å²) >= 11 is 0. The van der Waals surface area contributed by atoms with Gasteiger partial charge < -0.3 is 29.7 Å². The molecule has 5 rings (SSSR count). The van der Waals surface area contributed by atoms with Gasteiger partial charge in [0.2, 0.25) is 5.95 Å². The van der Waals surface area contributed by atoms with Gasteiger partial charge >= 0.3 is 0 Å². The molecule has 1 aliphatic carbocycles. The minimum absolute atomic E-state index is 0.0340. The molecule has 1 saturated heterocycles. The fourth-order valence-electron chi connectivity index (χ4n) is 5.54. The van der Waals surface area contributed by atoms with Crippen LogP contribution >= 0.6 is 0 Å². The third-order valence-electron chi connectivity index (χ3n) is 7.78. The van der Waals surface area contributed by atoms with E-state index in [9.17, 15) is 9.18 Å². The predicted molar refractivity (Wildman–Crippen MR) is 155 cm³/mol. The first kappa shape index (κ1) is 28.4. The summed E-state index contributed by atoms with van der Waals surface area (Å²) in [5, 5.41) is 5.72. The summed E-state index contributed by atoms with van der Waals surface area (Å²) in [7, 11) is 4.53. The minimum Gasteiger partial charge on any atom is -0.495 e. The Hall–Kier alpha value is -4.12. The van der Waals surface area contributed by atoms with Gasteiger partial charge in [0.05, 0.1) is 32.3 Å². The van der Waals surface area contributed by atoms with Crippen molar-refractivity contribution in [3.05, 3.63) is 59.7 Å². The normalized spacial score (nSPS) is 16.0. The number of benzene rings is 2. The first-order chi connectivity index (χ1) is 20.0. The first-order valence-electron chi connectivity index (χ1n) is 14.0. The van der Waals surface area contributed by atoms with Crippen molar-refractivity contribution in [2.45, 2.75) is 38.3 Å². The van der Waals surface area contributed by atoms with Gasteiger partial charge in [0.15, 0.2) is 17.3 Å². The van der Waals surface area contributed by atoms with Gasteiger partial charge in [-0.15, -0.1) is 0 Å². The molecule has 1 amide bonds. The van der Waals surface area contributed by atoms with Crippen molar-refractivity contribution < 1.29 is 23.4 Å². The second-order valence-electron chi connectivity index (χ2n) is 10.2. The summed E-state index contributed by atoms with van der Waals surface area (Å²) in [6.07, 6.45) is 8.39. The van der Waals surface area contributed by atoms with Crippen molar-refractivity contribution in [3.63, 3.8) is 0 Å². The van der Waals surface area contributed by atoms with Crippen LogP contribution in [0.15, 0.2) is 42.7 Å². The van der Waals surface area contributed by atoms with Crippen LogP contribution in [0.2, 0.25) is 0 Å². The monoisotopic (exact) mass is 564 g/mol.